The zero-order chi connectivity index (χ0) is 24.8. The number of benzene rings is 3. The smallest absolute Gasteiger partial charge is 0.335 e. The Kier molecular flexibility index (Phi) is 5.45. The molecule has 0 radical (unpaired) electrons. The summed E-state index contributed by atoms with van der Waals surface area (Å²) in [5, 5.41) is 18.2. The molecule has 0 unspecified atom stereocenters. The van der Waals surface area contributed by atoms with E-state index in [0.29, 0.717) is 24.4 Å². The zero-order valence-electron chi connectivity index (χ0n) is 19.1. The zero-order valence-corrected chi connectivity index (χ0v) is 19.1. The molecule has 1 aliphatic heterocycles. The number of fused-ring (bicyclic) bond motifs is 2. The standard InChI is InChI=1S/C28H21F2N3O3/c29-19-4-1-15(2-5-19)25-21-11-18-14-31-33-23(18)13-24(21)32-27(26(25)16-7-9-36-10-8-16)20-6-3-17(28(34)35)12-22(20)30/h1-6,11-14,16H,7-10H2,(H,31,33)(H,34,35). The first kappa shape index (κ1) is 22.3. The molecule has 0 spiro atoms. The van der Waals surface area contributed by atoms with Gasteiger partial charge < -0.3 is 9.84 Å². The molecule has 1 fully saturated rings. The Balaban J connectivity index is 1.73. The van der Waals surface area contributed by atoms with Gasteiger partial charge in [-0.2, -0.15) is 5.10 Å². The number of carbonyl (C=O) groups is 1. The van der Waals surface area contributed by atoms with Crippen LogP contribution in [0.25, 0.3) is 44.2 Å². The number of pyridine rings is 1. The van der Waals surface area contributed by atoms with Crippen molar-refractivity contribution in [2.45, 2.75) is 18.8 Å². The Morgan fingerprint density at radius 1 is 1.03 bits per heavy atom. The number of nitrogens with one attached hydrogen (secondary N) is 1. The molecular weight excluding hydrogens is 464 g/mol. The summed E-state index contributed by atoms with van der Waals surface area (Å²) >= 11 is 0. The third kappa shape index (κ3) is 3.79. The fourth-order valence-corrected chi connectivity index (χ4v) is 5.07. The lowest BCUT2D eigenvalue weighted by Crippen LogP contribution is -2.17. The molecule has 6 rings (SSSR count). The third-order valence-electron chi connectivity index (χ3n) is 6.82. The molecule has 1 aliphatic rings. The monoisotopic (exact) mass is 485 g/mol. The SMILES string of the molecule is O=C(O)c1ccc(-c2nc3cc4[nH]ncc4cc3c(-c3ccc(F)cc3)c2C2CCOCC2)c(F)c1. The van der Waals surface area contributed by atoms with Gasteiger partial charge in [0.05, 0.1) is 28.5 Å². The highest BCUT2D eigenvalue weighted by molar-refractivity contribution is 6.05. The quantitative estimate of drug-likeness (QED) is 0.311. The summed E-state index contributed by atoms with van der Waals surface area (Å²) in [6, 6.07) is 14.0. The van der Waals surface area contributed by atoms with Gasteiger partial charge in [0.15, 0.2) is 0 Å². The lowest BCUT2D eigenvalue weighted by Gasteiger charge is -2.28. The number of H-pyrrole nitrogens is 1. The van der Waals surface area contributed by atoms with Gasteiger partial charge in [0, 0.05) is 29.5 Å². The maximum absolute atomic E-state index is 15.4. The average Bonchev–Trinajstić information content (AvgIpc) is 3.35. The minimum absolute atomic E-state index is 0.0179. The van der Waals surface area contributed by atoms with Crippen LogP contribution in [0.4, 0.5) is 8.78 Å². The van der Waals surface area contributed by atoms with E-state index < -0.39 is 11.8 Å². The van der Waals surface area contributed by atoms with Crippen molar-refractivity contribution in [2.75, 3.05) is 13.2 Å². The summed E-state index contributed by atoms with van der Waals surface area (Å²) < 4.78 is 34.9. The topological polar surface area (TPSA) is 88.1 Å². The number of carboxylic acid groups (broad SMARTS) is 1. The molecular formula is C28H21F2N3O3. The Morgan fingerprint density at radius 3 is 2.53 bits per heavy atom. The lowest BCUT2D eigenvalue weighted by atomic mass is 9.81. The van der Waals surface area contributed by atoms with Crippen LogP contribution in [-0.2, 0) is 4.74 Å². The molecule has 2 aromatic heterocycles. The maximum atomic E-state index is 15.4. The summed E-state index contributed by atoms with van der Waals surface area (Å²) in [6.45, 7) is 1.12. The van der Waals surface area contributed by atoms with Gasteiger partial charge in [-0.3, -0.25) is 5.10 Å². The molecule has 3 heterocycles. The van der Waals surface area contributed by atoms with E-state index >= 15 is 4.39 Å². The Labute approximate surface area is 204 Å². The predicted octanol–water partition coefficient (Wildman–Crippen LogP) is 6.32. The van der Waals surface area contributed by atoms with Crippen LogP contribution in [0.2, 0.25) is 0 Å². The van der Waals surface area contributed by atoms with E-state index in [1.165, 1.54) is 24.3 Å². The third-order valence-corrected chi connectivity index (χ3v) is 6.82. The summed E-state index contributed by atoms with van der Waals surface area (Å²) in [7, 11) is 0. The molecule has 0 amide bonds. The molecule has 3 aromatic carbocycles. The van der Waals surface area contributed by atoms with Crippen molar-refractivity contribution in [3.63, 3.8) is 0 Å². The highest BCUT2D eigenvalue weighted by atomic mass is 19.1. The number of halogens is 2. The molecule has 0 bridgehead atoms. The van der Waals surface area contributed by atoms with Gasteiger partial charge in [-0.05, 0) is 77.9 Å². The number of rotatable bonds is 4. The molecule has 5 aromatic rings. The van der Waals surface area contributed by atoms with Crippen molar-refractivity contribution in [2.24, 2.45) is 0 Å². The van der Waals surface area contributed by atoms with Gasteiger partial charge in [0.2, 0.25) is 0 Å². The van der Waals surface area contributed by atoms with E-state index in [1.807, 2.05) is 12.1 Å². The first-order chi connectivity index (χ1) is 17.5. The van der Waals surface area contributed by atoms with Gasteiger partial charge in [-0.15, -0.1) is 0 Å². The van der Waals surface area contributed by atoms with Gasteiger partial charge >= 0.3 is 5.97 Å². The van der Waals surface area contributed by atoms with Gasteiger partial charge in [-0.25, -0.2) is 18.6 Å². The normalized spacial score (nSPS) is 14.5. The van der Waals surface area contributed by atoms with E-state index in [-0.39, 0.29) is 22.9 Å². The number of aromatic carboxylic acids is 1. The highest BCUT2D eigenvalue weighted by Gasteiger charge is 2.28. The first-order valence-electron chi connectivity index (χ1n) is 11.7. The highest BCUT2D eigenvalue weighted by Crippen LogP contribution is 2.45. The van der Waals surface area contributed by atoms with E-state index in [9.17, 15) is 14.3 Å². The Morgan fingerprint density at radius 2 is 1.81 bits per heavy atom. The first-order valence-corrected chi connectivity index (χ1v) is 11.7. The molecule has 0 atom stereocenters. The van der Waals surface area contributed by atoms with Gasteiger partial charge in [0.1, 0.15) is 11.6 Å². The van der Waals surface area contributed by atoms with E-state index in [4.69, 9.17) is 9.72 Å². The number of carboxylic acids is 1. The number of aromatic amines is 1. The van der Waals surface area contributed by atoms with Crippen molar-refractivity contribution >= 4 is 27.8 Å². The summed E-state index contributed by atoms with van der Waals surface area (Å²) in [4.78, 5) is 16.4. The maximum Gasteiger partial charge on any atom is 0.335 e. The molecule has 36 heavy (non-hydrogen) atoms. The number of aromatic nitrogens is 3. The largest absolute Gasteiger partial charge is 0.478 e. The van der Waals surface area contributed by atoms with Crippen LogP contribution in [0.1, 0.15) is 34.7 Å². The predicted molar refractivity (Wildman–Crippen MR) is 132 cm³/mol. The van der Waals surface area contributed by atoms with Crippen LogP contribution in [0, 0.1) is 11.6 Å². The van der Waals surface area contributed by atoms with Gasteiger partial charge in [-0.1, -0.05) is 12.1 Å². The van der Waals surface area contributed by atoms with Crippen LogP contribution in [0.5, 0.6) is 0 Å². The molecule has 2 N–H and O–H groups in total. The van der Waals surface area contributed by atoms with Crippen molar-refractivity contribution < 1.29 is 23.4 Å². The van der Waals surface area contributed by atoms with Crippen molar-refractivity contribution in [3.8, 4) is 22.4 Å². The second-order valence-corrected chi connectivity index (χ2v) is 8.97. The number of nitrogens with zero attached hydrogens (tertiary/aromatic N) is 2. The summed E-state index contributed by atoms with van der Waals surface area (Å²) in [5.41, 5.74) is 4.43. The van der Waals surface area contributed by atoms with Crippen molar-refractivity contribution in [3.05, 3.63) is 83.6 Å². The Hall–Kier alpha value is -4.17. The molecule has 6 nitrogen and oxygen atoms in total. The molecule has 180 valence electrons. The lowest BCUT2D eigenvalue weighted by molar-refractivity contribution is 0.0696. The van der Waals surface area contributed by atoms with E-state index in [0.717, 1.165) is 51.9 Å². The summed E-state index contributed by atoms with van der Waals surface area (Å²) in [6.07, 6.45) is 3.17. The fraction of sp³-hybridized carbons (Fsp3) is 0.179. The number of ether oxygens (including phenoxy) is 1. The van der Waals surface area contributed by atoms with Crippen LogP contribution in [-0.4, -0.2) is 39.5 Å². The second-order valence-electron chi connectivity index (χ2n) is 8.97. The number of hydrogen-bond donors (Lipinski definition) is 2. The van der Waals surface area contributed by atoms with E-state index in [1.54, 1.807) is 18.3 Å². The van der Waals surface area contributed by atoms with E-state index in [2.05, 4.69) is 10.2 Å². The van der Waals surface area contributed by atoms with Crippen LogP contribution >= 0.6 is 0 Å². The van der Waals surface area contributed by atoms with Crippen molar-refractivity contribution in [1.29, 1.82) is 0 Å². The molecule has 0 aliphatic carbocycles. The number of hydrogen-bond acceptors (Lipinski definition) is 4. The Bertz CT molecular complexity index is 1620. The van der Waals surface area contributed by atoms with Gasteiger partial charge in [0.25, 0.3) is 0 Å². The summed E-state index contributed by atoms with van der Waals surface area (Å²) in [5.74, 6) is -2.20. The van der Waals surface area contributed by atoms with Crippen LogP contribution < -0.4 is 0 Å². The molecule has 1 saturated heterocycles. The molecule has 0 saturated carbocycles. The second kappa shape index (κ2) is 8.80. The fourth-order valence-electron chi connectivity index (χ4n) is 5.07. The van der Waals surface area contributed by atoms with Crippen molar-refractivity contribution in [1.82, 2.24) is 15.2 Å². The minimum atomic E-state index is -1.20. The average molecular weight is 485 g/mol. The molecule has 8 heteroatoms. The minimum Gasteiger partial charge on any atom is -0.478 e. The van der Waals surface area contributed by atoms with Crippen LogP contribution in [0.15, 0.2) is 60.8 Å². The van der Waals surface area contributed by atoms with Crippen LogP contribution in [0.3, 0.4) is 0 Å².